The predicted octanol–water partition coefficient (Wildman–Crippen LogP) is 2.45. The monoisotopic (exact) mass is 475 g/mol. The van der Waals surface area contributed by atoms with E-state index in [0.29, 0.717) is 24.0 Å². The first kappa shape index (κ1) is 23.8. The van der Waals surface area contributed by atoms with E-state index in [9.17, 15) is 18.0 Å². The summed E-state index contributed by atoms with van der Waals surface area (Å²) >= 11 is 0. The van der Waals surface area contributed by atoms with E-state index in [1.807, 2.05) is 30.9 Å². The lowest BCUT2D eigenvalue weighted by Crippen LogP contribution is -2.49. The molecule has 9 heteroatoms. The number of amides is 2. The number of ether oxygens (including phenoxy) is 1. The van der Waals surface area contributed by atoms with Crippen molar-refractivity contribution in [1.82, 2.24) is 14.4 Å². The average Bonchev–Trinajstić information content (AvgIpc) is 2.93. The Morgan fingerprint density at radius 2 is 1.58 bits per heavy atom. The Kier molecular flexibility index (Phi) is 7.09. The first-order valence-corrected chi connectivity index (χ1v) is 13.4. The molecule has 2 fully saturated rings. The highest BCUT2D eigenvalue weighted by atomic mass is 32.2. The van der Waals surface area contributed by atoms with Crippen LogP contribution in [0.1, 0.15) is 39.5 Å². The van der Waals surface area contributed by atoms with Gasteiger partial charge in [-0.15, -0.1) is 0 Å². The van der Waals surface area contributed by atoms with Crippen LogP contribution in [0.2, 0.25) is 0 Å². The highest BCUT2D eigenvalue weighted by Crippen LogP contribution is 2.27. The van der Waals surface area contributed by atoms with Gasteiger partial charge >= 0.3 is 0 Å². The first-order chi connectivity index (χ1) is 15.7. The van der Waals surface area contributed by atoms with Crippen LogP contribution in [0, 0.1) is 0 Å². The van der Waals surface area contributed by atoms with E-state index < -0.39 is 21.5 Å². The third-order valence-electron chi connectivity index (χ3n) is 6.44. The number of hydrogen-bond acceptors (Lipinski definition) is 5. The van der Waals surface area contributed by atoms with Gasteiger partial charge < -0.3 is 19.1 Å². The first-order valence-electron chi connectivity index (χ1n) is 11.8. The Hall–Kier alpha value is -2.39. The van der Waals surface area contributed by atoms with E-state index in [4.69, 9.17) is 4.74 Å². The molecule has 2 aromatic rings. The molecule has 0 unspecified atom stereocenters. The van der Waals surface area contributed by atoms with Crippen molar-refractivity contribution in [2.45, 2.75) is 63.2 Å². The lowest BCUT2D eigenvalue weighted by molar-refractivity contribution is -0.140. The standard InChI is InChI=1S/C24H33N3O5S/c1-18-13-27(14-19(2)32-18)24(29)17-33(30,31)22-15-26(21-10-6-5-9-20(21)22)16-23(28)25-11-7-3-4-8-12-25/h5-6,9-10,15,18-19H,3-4,7-8,11-14,16-17H2,1-2H3/t18-,19-/m0/s1. The molecule has 0 N–H and O–H groups in total. The van der Waals surface area contributed by atoms with E-state index >= 15 is 0 Å². The van der Waals surface area contributed by atoms with Gasteiger partial charge in [-0.2, -0.15) is 0 Å². The molecule has 3 heterocycles. The number of hydrogen-bond donors (Lipinski definition) is 0. The van der Waals surface area contributed by atoms with Crippen molar-refractivity contribution >= 4 is 32.6 Å². The number of carbonyl (C=O) groups excluding carboxylic acids is 2. The Bertz CT molecular complexity index is 1110. The van der Waals surface area contributed by atoms with Crippen LogP contribution in [-0.4, -0.2) is 78.7 Å². The molecule has 2 aliphatic heterocycles. The van der Waals surface area contributed by atoms with Gasteiger partial charge in [-0.1, -0.05) is 31.0 Å². The van der Waals surface area contributed by atoms with E-state index in [0.717, 1.165) is 38.8 Å². The highest BCUT2D eigenvalue weighted by Gasteiger charge is 2.31. The van der Waals surface area contributed by atoms with Crippen LogP contribution >= 0.6 is 0 Å². The SMILES string of the molecule is C[C@H]1CN(C(=O)CS(=O)(=O)c2cn(CC(=O)N3CCCCCC3)c3ccccc23)C[C@H](C)O1. The Labute approximate surface area is 195 Å². The second-order valence-corrected chi connectivity index (χ2v) is 11.2. The van der Waals surface area contributed by atoms with Crippen molar-refractivity contribution in [3.05, 3.63) is 30.5 Å². The Balaban J connectivity index is 1.57. The third kappa shape index (κ3) is 5.41. The molecule has 0 spiro atoms. The molecular formula is C24H33N3O5S. The van der Waals surface area contributed by atoms with Gasteiger partial charge in [-0.3, -0.25) is 9.59 Å². The molecule has 0 aliphatic carbocycles. The second-order valence-electron chi connectivity index (χ2n) is 9.25. The fourth-order valence-electron chi connectivity index (χ4n) is 4.87. The summed E-state index contributed by atoms with van der Waals surface area (Å²) in [4.78, 5) is 29.4. The van der Waals surface area contributed by atoms with Crippen LogP contribution in [0.5, 0.6) is 0 Å². The van der Waals surface area contributed by atoms with Crippen molar-refractivity contribution in [3.8, 4) is 0 Å². The minimum Gasteiger partial charge on any atom is -0.372 e. The molecule has 2 aliphatic rings. The molecule has 2 amide bonds. The van der Waals surface area contributed by atoms with Gasteiger partial charge in [0.25, 0.3) is 0 Å². The van der Waals surface area contributed by atoms with E-state index in [1.165, 1.54) is 6.20 Å². The van der Waals surface area contributed by atoms with E-state index in [1.54, 1.807) is 21.6 Å². The summed E-state index contributed by atoms with van der Waals surface area (Å²) in [5.41, 5.74) is 0.681. The Morgan fingerprint density at radius 1 is 0.939 bits per heavy atom. The quantitative estimate of drug-likeness (QED) is 0.663. The molecule has 8 nitrogen and oxygen atoms in total. The number of benzene rings is 1. The number of morpholine rings is 1. The summed E-state index contributed by atoms with van der Waals surface area (Å²) in [5.74, 6) is -1.02. The smallest absolute Gasteiger partial charge is 0.242 e. The zero-order valence-corrected chi connectivity index (χ0v) is 20.2. The molecular weight excluding hydrogens is 442 g/mol. The molecule has 0 saturated carbocycles. The predicted molar refractivity (Wildman–Crippen MR) is 126 cm³/mol. The number of sulfone groups is 1. The van der Waals surface area contributed by atoms with Gasteiger partial charge in [0.2, 0.25) is 11.8 Å². The number of fused-ring (bicyclic) bond motifs is 1. The summed E-state index contributed by atoms with van der Waals surface area (Å²) in [6.45, 7) is 6.08. The van der Waals surface area contributed by atoms with Crippen molar-refractivity contribution in [2.24, 2.45) is 0 Å². The van der Waals surface area contributed by atoms with Gasteiger partial charge in [0.1, 0.15) is 12.3 Å². The van der Waals surface area contributed by atoms with Gasteiger partial charge in [0.15, 0.2) is 9.84 Å². The van der Waals surface area contributed by atoms with Gasteiger partial charge in [0, 0.05) is 43.3 Å². The molecule has 1 aromatic heterocycles. The second kappa shape index (κ2) is 9.85. The number of likely N-dealkylation sites (tertiary alicyclic amines) is 1. The maximum Gasteiger partial charge on any atom is 0.242 e. The molecule has 4 rings (SSSR count). The van der Waals surface area contributed by atoms with Crippen LogP contribution in [0.4, 0.5) is 0 Å². The lowest BCUT2D eigenvalue weighted by Gasteiger charge is -2.35. The van der Waals surface area contributed by atoms with Crippen molar-refractivity contribution in [2.75, 3.05) is 31.9 Å². The van der Waals surface area contributed by atoms with Crippen molar-refractivity contribution < 1.29 is 22.7 Å². The maximum absolute atomic E-state index is 13.3. The number of aromatic nitrogens is 1. The third-order valence-corrected chi connectivity index (χ3v) is 8.06. The van der Waals surface area contributed by atoms with Crippen molar-refractivity contribution in [1.29, 1.82) is 0 Å². The summed E-state index contributed by atoms with van der Waals surface area (Å²) in [5, 5.41) is 0.540. The molecule has 180 valence electrons. The minimum atomic E-state index is -3.89. The molecule has 1 aromatic carbocycles. The summed E-state index contributed by atoms with van der Waals surface area (Å²) in [6, 6.07) is 7.15. The lowest BCUT2D eigenvalue weighted by atomic mass is 10.2. The fraction of sp³-hybridized carbons (Fsp3) is 0.583. The number of rotatable bonds is 5. The molecule has 2 saturated heterocycles. The van der Waals surface area contributed by atoms with Crippen LogP contribution in [0.15, 0.2) is 35.4 Å². The number of nitrogens with zero attached hydrogens (tertiary/aromatic N) is 3. The summed E-state index contributed by atoms with van der Waals surface area (Å²) in [7, 11) is -3.89. The summed E-state index contributed by atoms with van der Waals surface area (Å²) < 4.78 is 34.0. The zero-order chi connectivity index (χ0) is 23.6. The maximum atomic E-state index is 13.3. The summed E-state index contributed by atoms with van der Waals surface area (Å²) in [6.07, 6.45) is 5.52. The van der Waals surface area contributed by atoms with Crippen molar-refractivity contribution in [3.63, 3.8) is 0 Å². The number of para-hydroxylation sites is 1. The minimum absolute atomic E-state index is 0.00558. The van der Waals surface area contributed by atoms with E-state index in [2.05, 4.69) is 0 Å². The topological polar surface area (TPSA) is 88.9 Å². The highest BCUT2D eigenvalue weighted by molar-refractivity contribution is 7.92. The van der Waals surface area contributed by atoms with Crippen LogP contribution in [-0.2, 0) is 30.7 Å². The molecule has 0 radical (unpaired) electrons. The molecule has 0 bridgehead atoms. The largest absolute Gasteiger partial charge is 0.372 e. The zero-order valence-electron chi connectivity index (χ0n) is 19.4. The van der Waals surface area contributed by atoms with Gasteiger partial charge in [0.05, 0.1) is 17.1 Å². The fourth-order valence-corrected chi connectivity index (χ4v) is 6.33. The molecule has 33 heavy (non-hydrogen) atoms. The van der Waals surface area contributed by atoms with Gasteiger partial charge in [-0.05, 0) is 32.8 Å². The van der Waals surface area contributed by atoms with Crippen LogP contribution in [0.3, 0.4) is 0 Å². The Morgan fingerprint density at radius 3 is 2.24 bits per heavy atom. The molecule has 2 atom stereocenters. The number of carbonyl (C=O) groups is 2. The average molecular weight is 476 g/mol. The van der Waals surface area contributed by atoms with Gasteiger partial charge in [-0.25, -0.2) is 8.42 Å². The normalized spacial score (nSPS) is 22.4. The van der Waals surface area contributed by atoms with Crippen LogP contribution < -0.4 is 0 Å². The van der Waals surface area contributed by atoms with E-state index in [-0.39, 0.29) is 29.6 Å². The van der Waals surface area contributed by atoms with Crippen LogP contribution in [0.25, 0.3) is 10.9 Å².